The average Bonchev–Trinajstić information content (AvgIpc) is 3.18. The van der Waals surface area contributed by atoms with E-state index in [-0.39, 0.29) is 23.7 Å². The molecule has 0 N–H and O–H groups in total. The standard InChI is InChI=1S/C28H29NO3/c1-19-9-8-12-25(20(19)2)29-18-21(17-26(29)30)27(31)32-24-15-13-23(14-16-24)28(3,4)22-10-6-5-7-11-22/h5-16,21H,17-18H2,1-4H3/t21-/m1/s1. The summed E-state index contributed by atoms with van der Waals surface area (Å²) in [6.07, 6.45) is 0.172. The molecule has 1 aliphatic rings. The average molecular weight is 428 g/mol. The van der Waals surface area contributed by atoms with E-state index in [1.807, 2.05) is 74.5 Å². The summed E-state index contributed by atoms with van der Waals surface area (Å²) in [6.45, 7) is 8.72. The van der Waals surface area contributed by atoms with Crippen LogP contribution in [0.5, 0.6) is 5.75 Å². The molecule has 0 radical (unpaired) electrons. The zero-order chi connectivity index (χ0) is 22.9. The van der Waals surface area contributed by atoms with E-state index < -0.39 is 5.92 Å². The van der Waals surface area contributed by atoms with Crippen LogP contribution in [0.1, 0.15) is 42.5 Å². The quantitative estimate of drug-likeness (QED) is 0.394. The van der Waals surface area contributed by atoms with Crippen molar-refractivity contribution in [2.45, 2.75) is 39.5 Å². The van der Waals surface area contributed by atoms with Gasteiger partial charge in [0.1, 0.15) is 5.75 Å². The van der Waals surface area contributed by atoms with Crippen LogP contribution in [0.15, 0.2) is 72.8 Å². The Hall–Kier alpha value is -3.40. The molecule has 3 aromatic rings. The van der Waals surface area contributed by atoms with E-state index in [1.54, 1.807) is 4.90 Å². The SMILES string of the molecule is Cc1cccc(N2C[C@H](C(=O)Oc3ccc(C(C)(C)c4ccccc4)cc3)CC2=O)c1C. The van der Waals surface area contributed by atoms with Gasteiger partial charge < -0.3 is 9.64 Å². The minimum atomic E-state index is -0.470. The third-order valence-electron chi connectivity index (χ3n) is 6.62. The van der Waals surface area contributed by atoms with Gasteiger partial charge in [-0.2, -0.15) is 0 Å². The minimum absolute atomic E-state index is 0.0411. The predicted octanol–water partition coefficient (Wildman–Crippen LogP) is 5.59. The van der Waals surface area contributed by atoms with Crippen LogP contribution >= 0.6 is 0 Å². The highest BCUT2D eigenvalue weighted by Gasteiger charge is 2.37. The van der Waals surface area contributed by atoms with Crippen molar-refractivity contribution in [1.29, 1.82) is 0 Å². The topological polar surface area (TPSA) is 46.6 Å². The van der Waals surface area contributed by atoms with Crippen LogP contribution in [0.2, 0.25) is 0 Å². The van der Waals surface area contributed by atoms with Gasteiger partial charge in [-0.3, -0.25) is 9.59 Å². The number of nitrogens with zero attached hydrogens (tertiary/aromatic N) is 1. The Labute approximate surface area is 189 Å². The lowest BCUT2D eigenvalue weighted by atomic mass is 9.78. The molecule has 1 fully saturated rings. The monoisotopic (exact) mass is 427 g/mol. The van der Waals surface area contributed by atoms with Crippen molar-refractivity contribution in [3.8, 4) is 5.75 Å². The fourth-order valence-corrected chi connectivity index (χ4v) is 4.29. The lowest BCUT2D eigenvalue weighted by Crippen LogP contribution is -2.28. The molecule has 4 nitrogen and oxygen atoms in total. The first-order valence-corrected chi connectivity index (χ1v) is 11.0. The number of amides is 1. The molecule has 1 atom stereocenters. The molecular formula is C28H29NO3. The Morgan fingerprint density at radius 3 is 2.25 bits per heavy atom. The van der Waals surface area contributed by atoms with Crippen LogP contribution in [0.3, 0.4) is 0 Å². The molecule has 0 saturated carbocycles. The number of hydrogen-bond donors (Lipinski definition) is 0. The van der Waals surface area contributed by atoms with Crippen LogP contribution in [0.25, 0.3) is 0 Å². The van der Waals surface area contributed by atoms with Crippen molar-refractivity contribution < 1.29 is 14.3 Å². The van der Waals surface area contributed by atoms with E-state index in [1.165, 1.54) is 5.56 Å². The molecular weight excluding hydrogens is 398 g/mol. The number of carbonyl (C=O) groups is 2. The molecule has 1 saturated heterocycles. The molecule has 0 unspecified atom stereocenters. The Morgan fingerprint density at radius 1 is 0.906 bits per heavy atom. The second-order valence-electron chi connectivity index (χ2n) is 9.06. The maximum Gasteiger partial charge on any atom is 0.316 e. The fourth-order valence-electron chi connectivity index (χ4n) is 4.29. The minimum Gasteiger partial charge on any atom is -0.426 e. The number of benzene rings is 3. The highest BCUT2D eigenvalue weighted by atomic mass is 16.5. The molecule has 32 heavy (non-hydrogen) atoms. The van der Waals surface area contributed by atoms with Crippen molar-refractivity contribution in [2.75, 3.05) is 11.4 Å². The Morgan fingerprint density at radius 2 is 1.56 bits per heavy atom. The predicted molar refractivity (Wildman–Crippen MR) is 127 cm³/mol. The van der Waals surface area contributed by atoms with Crippen LogP contribution in [0, 0.1) is 19.8 Å². The number of esters is 1. The first-order valence-electron chi connectivity index (χ1n) is 11.0. The number of ether oxygens (including phenoxy) is 1. The van der Waals surface area contributed by atoms with Gasteiger partial charge in [0.2, 0.25) is 5.91 Å². The fraction of sp³-hybridized carbons (Fsp3) is 0.286. The number of aryl methyl sites for hydroxylation is 1. The highest BCUT2D eigenvalue weighted by Crippen LogP contribution is 2.33. The Kier molecular flexibility index (Phi) is 5.88. The summed E-state index contributed by atoms with van der Waals surface area (Å²) in [5.41, 5.74) is 5.26. The molecule has 164 valence electrons. The summed E-state index contributed by atoms with van der Waals surface area (Å²) in [5, 5.41) is 0. The van der Waals surface area contributed by atoms with E-state index in [2.05, 4.69) is 26.0 Å². The third-order valence-corrected chi connectivity index (χ3v) is 6.62. The lowest BCUT2D eigenvalue weighted by Gasteiger charge is -2.26. The lowest BCUT2D eigenvalue weighted by molar-refractivity contribution is -0.139. The summed E-state index contributed by atoms with van der Waals surface area (Å²) in [7, 11) is 0. The number of carbonyl (C=O) groups excluding carboxylic acids is 2. The number of hydrogen-bond acceptors (Lipinski definition) is 3. The number of anilines is 1. The van der Waals surface area contributed by atoms with Gasteiger partial charge >= 0.3 is 5.97 Å². The smallest absolute Gasteiger partial charge is 0.316 e. The van der Waals surface area contributed by atoms with Crippen LogP contribution in [-0.4, -0.2) is 18.4 Å². The van der Waals surface area contributed by atoms with E-state index in [0.29, 0.717) is 12.3 Å². The van der Waals surface area contributed by atoms with Crippen molar-refractivity contribution in [2.24, 2.45) is 5.92 Å². The van der Waals surface area contributed by atoms with E-state index in [4.69, 9.17) is 4.74 Å². The summed E-state index contributed by atoms with van der Waals surface area (Å²) in [5.74, 6) is -0.370. The molecule has 0 spiro atoms. The molecule has 3 aromatic carbocycles. The van der Waals surface area contributed by atoms with E-state index in [0.717, 1.165) is 22.4 Å². The van der Waals surface area contributed by atoms with Crippen LogP contribution in [-0.2, 0) is 15.0 Å². The summed E-state index contributed by atoms with van der Waals surface area (Å²) >= 11 is 0. The van der Waals surface area contributed by atoms with Gasteiger partial charge in [-0.05, 0) is 54.3 Å². The summed E-state index contributed by atoms with van der Waals surface area (Å²) in [4.78, 5) is 27.1. The van der Waals surface area contributed by atoms with Crippen molar-refractivity contribution in [3.05, 3.63) is 95.1 Å². The molecule has 4 rings (SSSR count). The summed E-state index contributed by atoms with van der Waals surface area (Å²) in [6, 6.07) is 23.9. The van der Waals surface area contributed by atoms with Gasteiger partial charge in [-0.15, -0.1) is 0 Å². The molecule has 1 aliphatic heterocycles. The molecule has 0 aliphatic carbocycles. The van der Waals surface area contributed by atoms with Gasteiger partial charge in [0.15, 0.2) is 0 Å². The maximum absolute atomic E-state index is 12.8. The largest absolute Gasteiger partial charge is 0.426 e. The van der Waals surface area contributed by atoms with Gasteiger partial charge in [-0.1, -0.05) is 68.4 Å². The number of rotatable bonds is 5. The van der Waals surface area contributed by atoms with Gasteiger partial charge in [0.25, 0.3) is 0 Å². The van der Waals surface area contributed by atoms with Crippen molar-refractivity contribution >= 4 is 17.6 Å². The molecule has 4 heteroatoms. The van der Waals surface area contributed by atoms with Crippen LogP contribution in [0.4, 0.5) is 5.69 Å². The van der Waals surface area contributed by atoms with Crippen LogP contribution < -0.4 is 9.64 Å². The maximum atomic E-state index is 12.8. The Balaban J connectivity index is 1.44. The highest BCUT2D eigenvalue weighted by molar-refractivity contribution is 6.00. The summed E-state index contributed by atoms with van der Waals surface area (Å²) < 4.78 is 5.64. The second-order valence-corrected chi connectivity index (χ2v) is 9.06. The molecule has 0 aromatic heterocycles. The molecule has 1 amide bonds. The van der Waals surface area contributed by atoms with Gasteiger partial charge in [0, 0.05) is 24.1 Å². The van der Waals surface area contributed by atoms with Crippen molar-refractivity contribution in [1.82, 2.24) is 0 Å². The second kappa shape index (κ2) is 8.62. The van der Waals surface area contributed by atoms with Gasteiger partial charge in [0.05, 0.1) is 5.92 Å². The first kappa shape index (κ1) is 21.8. The zero-order valence-corrected chi connectivity index (χ0v) is 19.1. The van der Waals surface area contributed by atoms with Gasteiger partial charge in [-0.25, -0.2) is 0 Å². The van der Waals surface area contributed by atoms with E-state index in [9.17, 15) is 9.59 Å². The van der Waals surface area contributed by atoms with E-state index >= 15 is 0 Å². The molecule has 1 heterocycles. The first-order chi connectivity index (χ1) is 15.3. The zero-order valence-electron chi connectivity index (χ0n) is 19.1. The third kappa shape index (κ3) is 4.18. The Bertz CT molecular complexity index is 1130. The normalized spacial score (nSPS) is 16.3. The molecule has 0 bridgehead atoms. The van der Waals surface area contributed by atoms with Crippen molar-refractivity contribution in [3.63, 3.8) is 0 Å².